The van der Waals surface area contributed by atoms with Gasteiger partial charge in [-0.1, -0.05) is 58.8 Å². The lowest BCUT2D eigenvalue weighted by molar-refractivity contribution is 0.0747. The first-order valence-corrected chi connectivity index (χ1v) is 8.73. The summed E-state index contributed by atoms with van der Waals surface area (Å²) in [5.74, 6) is 0. The van der Waals surface area contributed by atoms with Crippen molar-refractivity contribution in [2.24, 2.45) is 0 Å². The zero-order valence-electron chi connectivity index (χ0n) is 13.3. The molecule has 1 rings (SSSR count). The predicted octanol–water partition coefficient (Wildman–Crippen LogP) is 4.67. The molecule has 0 aromatic carbocycles. The number of ether oxygens (including phenoxy) is 1. The highest BCUT2D eigenvalue weighted by atomic mass is 16.5. The molecule has 0 spiro atoms. The van der Waals surface area contributed by atoms with Crippen molar-refractivity contribution >= 4 is 0 Å². The normalized spacial score (nSPS) is 20.8. The van der Waals surface area contributed by atoms with Crippen LogP contribution in [0.1, 0.15) is 84.5 Å². The predicted molar refractivity (Wildman–Crippen MR) is 83.7 cm³/mol. The summed E-state index contributed by atoms with van der Waals surface area (Å²) in [5.41, 5.74) is 0. The Morgan fingerprint density at radius 1 is 1.00 bits per heavy atom. The zero-order chi connectivity index (χ0) is 13.8. The van der Waals surface area contributed by atoms with Crippen LogP contribution in [0.4, 0.5) is 0 Å². The minimum atomic E-state index is 0.492. The maximum Gasteiger partial charge on any atom is 0.0728 e. The summed E-state index contributed by atoms with van der Waals surface area (Å²) in [4.78, 5) is 0. The van der Waals surface area contributed by atoms with Crippen LogP contribution in [0.5, 0.6) is 0 Å². The summed E-state index contributed by atoms with van der Waals surface area (Å²) in [7, 11) is 0. The molecule has 0 aromatic heterocycles. The minimum Gasteiger partial charge on any atom is -0.377 e. The van der Waals surface area contributed by atoms with E-state index < -0.39 is 0 Å². The van der Waals surface area contributed by atoms with Crippen LogP contribution in [0.2, 0.25) is 0 Å². The molecular formula is C17H35NO. The van der Waals surface area contributed by atoms with Gasteiger partial charge >= 0.3 is 0 Å². The van der Waals surface area contributed by atoms with Crippen molar-refractivity contribution in [1.82, 2.24) is 5.32 Å². The fourth-order valence-corrected chi connectivity index (χ4v) is 2.99. The number of nitrogens with one attached hydrogen (secondary N) is 1. The Labute approximate surface area is 120 Å². The molecule has 0 amide bonds. The number of hydrogen-bond donors (Lipinski definition) is 1. The van der Waals surface area contributed by atoms with Gasteiger partial charge in [-0.2, -0.15) is 0 Å². The smallest absolute Gasteiger partial charge is 0.0728 e. The van der Waals surface area contributed by atoms with Gasteiger partial charge in [-0.3, -0.25) is 0 Å². The van der Waals surface area contributed by atoms with Crippen molar-refractivity contribution in [1.29, 1.82) is 0 Å². The van der Waals surface area contributed by atoms with Gasteiger partial charge in [-0.15, -0.1) is 0 Å². The van der Waals surface area contributed by atoms with Gasteiger partial charge < -0.3 is 10.1 Å². The Bertz CT molecular complexity index is 190. The summed E-state index contributed by atoms with van der Waals surface area (Å²) >= 11 is 0. The standard InChI is InChI=1S/C17H35NO/c1-3-5-6-7-8-9-10-12-16(18-14-4-2)17-13-11-15-19-17/h16-18H,3-15H2,1-2H3. The maximum atomic E-state index is 5.86. The molecule has 0 bridgehead atoms. The topological polar surface area (TPSA) is 21.3 Å². The van der Waals surface area contributed by atoms with Gasteiger partial charge in [0.1, 0.15) is 0 Å². The second-order valence-electron chi connectivity index (χ2n) is 6.02. The molecule has 0 radical (unpaired) electrons. The summed E-state index contributed by atoms with van der Waals surface area (Å²) in [6.45, 7) is 6.64. The number of unbranched alkanes of at least 4 members (excludes halogenated alkanes) is 6. The van der Waals surface area contributed by atoms with Gasteiger partial charge in [0.05, 0.1) is 6.10 Å². The van der Waals surface area contributed by atoms with Crippen LogP contribution in [0, 0.1) is 0 Å². The fraction of sp³-hybridized carbons (Fsp3) is 1.00. The van der Waals surface area contributed by atoms with E-state index in [1.165, 1.54) is 70.6 Å². The third-order valence-corrected chi connectivity index (χ3v) is 4.19. The lowest BCUT2D eigenvalue weighted by Crippen LogP contribution is -2.39. The highest BCUT2D eigenvalue weighted by Crippen LogP contribution is 2.20. The van der Waals surface area contributed by atoms with Crippen LogP contribution in [0.25, 0.3) is 0 Å². The average molecular weight is 269 g/mol. The van der Waals surface area contributed by atoms with Crippen LogP contribution in [0.15, 0.2) is 0 Å². The minimum absolute atomic E-state index is 0.492. The highest BCUT2D eigenvalue weighted by Gasteiger charge is 2.24. The number of rotatable bonds is 12. The molecule has 1 saturated heterocycles. The second-order valence-corrected chi connectivity index (χ2v) is 6.02. The summed E-state index contributed by atoms with van der Waals surface area (Å²) in [5, 5.41) is 3.70. The molecule has 1 aliphatic heterocycles. The first-order chi connectivity index (χ1) is 9.38. The van der Waals surface area contributed by atoms with E-state index in [4.69, 9.17) is 4.74 Å². The van der Waals surface area contributed by atoms with Crippen LogP contribution in [-0.4, -0.2) is 25.3 Å². The van der Waals surface area contributed by atoms with Crippen LogP contribution < -0.4 is 5.32 Å². The van der Waals surface area contributed by atoms with Crippen molar-refractivity contribution in [3.8, 4) is 0 Å². The van der Waals surface area contributed by atoms with E-state index in [0.717, 1.165) is 13.2 Å². The molecule has 0 aliphatic carbocycles. The molecule has 2 unspecified atom stereocenters. The van der Waals surface area contributed by atoms with Crippen molar-refractivity contribution in [3.63, 3.8) is 0 Å². The highest BCUT2D eigenvalue weighted by molar-refractivity contribution is 4.80. The SMILES string of the molecule is CCCCCCCCCC(NCCC)C1CCCO1. The van der Waals surface area contributed by atoms with Crippen molar-refractivity contribution in [3.05, 3.63) is 0 Å². The summed E-state index contributed by atoms with van der Waals surface area (Å²) in [6.07, 6.45) is 15.4. The zero-order valence-corrected chi connectivity index (χ0v) is 13.3. The monoisotopic (exact) mass is 269 g/mol. The van der Waals surface area contributed by atoms with Crippen molar-refractivity contribution < 1.29 is 4.74 Å². The Balaban J connectivity index is 2.06. The quantitative estimate of drug-likeness (QED) is 0.520. The van der Waals surface area contributed by atoms with Gasteiger partial charge in [0.25, 0.3) is 0 Å². The Morgan fingerprint density at radius 2 is 1.74 bits per heavy atom. The van der Waals surface area contributed by atoms with Crippen LogP contribution in [-0.2, 0) is 4.74 Å². The largest absolute Gasteiger partial charge is 0.377 e. The third-order valence-electron chi connectivity index (χ3n) is 4.19. The molecule has 0 aromatic rings. The molecule has 114 valence electrons. The van der Waals surface area contributed by atoms with E-state index >= 15 is 0 Å². The molecule has 1 N–H and O–H groups in total. The average Bonchev–Trinajstić information content (AvgIpc) is 2.95. The van der Waals surface area contributed by atoms with E-state index in [2.05, 4.69) is 19.2 Å². The van der Waals surface area contributed by atoms with E-state index in [0.29, 0.717) is 12.1 Å². The van der Waals surface area contributed by atoms with E-state index in [1.807, 2.05) is 0 Å². The molecule has 1 heterocycles. The van der Waals surface area contributed by atoms with Crippen LogP contribution in [0.3, 0.4) is 0 Å². The molecular weight excluding hydrogens is 234 g/mol. The molecule has 2 heteroatoms. The maximum absolute atomic E-state index is 5.86. The molecule has 19 heavy (non-hydrogen) atoms. The van der Waals surface area contributed by atoms with Crippen LogP contribution >= 0.6 is 0 Å². The van der Waals surface area contributed by atoms with E-state index in [1.54, 1.807) is 0 Å². The lowest BCUT2D eigenvalue weighted by Gasteiger charge is -2.24. The molecule has 1 aliphatic rings. The van der Waals surface area contributed by atoms with Gasteiger partial charge in [0, 0.05) is 12.6 Å². The lowest BCUT2D eigenvalue weighted by atomic mass is 10.00. The summed E-state index contributed by atoms with van der Waals surface area (Å²) < 4.78 is 5.86. The third kappa shape index (κ3) is 7.94. The van der Waals surface area contributed by atoms with E-state index in [9.17, 15) is 0 Å². The van der Waals surface area contributed by atoms with Gasteiger partial charge in [0.2, 0.25) is 0 Å². The van der Waals surface area contributed by atoms with Gasteiger partial charge in [0.15, 0.2) is 0 Å². The van der Waals surface area contributed by atoms with Gasteiger partial charge in [-0.05, 0) is 32.2 Å². The van der Waals surface area contributed by atoms with E-state index in [-0.39, 0.29) is 0 Å². The Hall–Kier alpha value is -0.0800. The first-order valence-electron chi connectivity index (χ1n) is 8.73. The molecule has 2 nitrogen and oxygen atoms in total. The molecule has 2 atom stereocenters. The fourth-order valence-electron chi connectivity index (χ4n) is 2.99. The molecule has 1 fully saturated rings. The molecule has 0 saturated carbocycles. The van der Waals surface area contributed by atoms with Crippen molar-refractivity contribution in [2.45, 2.75) is 96.6 Å². The second kappa shape index (κ2) is 11.7. The summed E-state index contributed by atoms with van der Waals surface area (Å²) in [6, 6.07) is 0.609. The number of hydrogen-bond acceptors (Lipinski definition) is 2. The van der Waals surface area contributed by atoms with Gasteiger partial charge in [-0.25, -0.2) is 0 Å². The Morgan fingerprint density at radius 3 is 2.37 bits per heavy atom. The first kappa shape index (κ1) is 17.0. The Kier molecular flexibility index (Phi) is 10.5. The van der Waals surface area contributed by atoms with Crippen molar-refractivity contribution in [2.75, 3.05) is 13.2 Å².